The number of nitrogens with one attached hydrogen (secondary N) is 2. The number of aromatic nitrogens is 4. The lowest BCUT2D eigenvalue weighted by molar-refractivity contribution is -0.0931. The van der Waals surface area contributed by atoms with Gasteiger partial charge in [-0.25, -0.2) is 15.0 Å². The maximum Gasteiger partial charge on any atom is 0.198 e. The lowest BCUT2D eigenvalue weighted by Gasteiger charge is -2.37. The molecule has 274 valence electrons. The van der Waals surface area contributed by atoms with Crippen molar-refractivity contribution in [1.29, 1.82) is 0 Å². The summed E-state index contributed by atoms with van der Waals surface area (Å²) in [5.74, 6) is 2.59. The summed E-state index contributed by atoms with van der Waals surface area (Å²) in [6.45, 7) is 6.01. The van der Waals surface area contributed by atoms with Crippen LogP contribution in [0, 0.1) is 0 Å². The largest absolute Gasteiger partial charge is 0.497 e. The molecule has 0 bridgehead atoms. The van der Waals surface area contributed by atoms with Crippen molar-refractivity contribution in [3.8, 4) is 11.5 Å². The van der Waals surface area contributed by atoms with Crippen LogP contribution in [0.25, 0.3) is 11.2 Å². The molecule has 0 radical (unpaired) electrons. The molecule has 2 aromatic heterocycles. The maximum atomic E-state index is 11.4. The highest BCUT2D eigenvalue weighted by atomic mass is 16.6. The maximum absolute atomic E-state index is 11.4. The Bertz CT molecular complexity index is 1820. The lowest BCUT2D eigenvalue weighted by atomic mass is 9.80. The number of methoxy groups -OCH3 is 2. The number of ether oxygens (including phenoxy) is 4. The minimum absolute atomic E-state index is 0.0952. The zero-order valence-electron chi connectivity index (χ0n) is 30.4. The van der Waals surface area contributed by atoms with E-state index in [1.54, 1.807) is 20.5 Å². The van der Waals surface area contributed by atoms with E-state index >= 15 is 0 Å². The fourth-order valence-corrected chi connectivity index (χ4v) is 6.46. The van der Waals surface area contributed by atoms with Crippen LogP contribution in [0.4, 0.5) is 5.82 Å². The van der Waals surface area contributed by atoms with Crippen LogP contribution < -0.4 is 20.1 Å². The SMILES string of the molecule is CCCCNC(=Nc1ncnc2c1ncn2[C@H]1CC(O)[C@@H](COC(c2ccccc2)(c2ccc(OC)cc2)c2ccc(OC)cc2)O1)NCCCC. The average molecular weight is 708 g/mol. The first-order valence-electron chi connectivity index (χ1n) is 18.1. The highest BCUT2D eigenvalue weighted by molar-refractivity contribution is 5.88. The molecule has 0 amide bonds. The van der Waals surface area contributed by atoms with E-state index in [-0.39, 0.29) is 6.61 Å². The number of guanidine groups is 1. The molecule has 0 aliphatic carbocycles. The van der Waals surface area contributed by atoms with Crippen molar-refractivity contribution in [2.45, 2.75) is 70.0 Å². The number of aliphatic hydroxyl groups excluding tert-OH is 1. The Labute approximate surface area is 305 Å². The summed E-state index contributed by atoms with van der Waals surface area (Å²) in [6.07, 6.45) is 5.72. The van der Waals surface area contributed by atoms with E-state index in [2.05, 4.69) is 39.4 Å². The molecule has 12 nitrogen and oxygen atoms in total. The Morgan fingerprint density at radius 2 is 1.44 bits per heavy atom. The summed E-state index contributed by atoms with van der Waals surface area (Å²) in [5, 5.41) is 18.2. The Hall–Kier alpha value is -5.04. The number of hydrogen-bond donors (Lipinski definition) is 3. The molecular weight excluding hydrogens is 658 g/mol. The molecule has 12 heteroatoms. The van der Waals surface area contributed by atoms with E-state index < -0.39 is 24.0 Å². The van der Waals surface area contributed by atoms with Crippen molar-refractivity contribution in [2.75, 3.05) is 33.9 Å². The number of rotatable bonds is 16. The van der Waals surface area contributed by atoms with Crippen molar-refractivity contribution in [1.82, 2.24) is 30.2 Å². The first kappa shape index (κ1) is 36.7. The van der Waals surface area contributed by atoms with E-state index in [9.17, 15) is 5.11 Å². The van der Waals surface area contributed by atoms with E-state index in [4.69, 9.17) is 23.9 Å². The third kappa shape index (κ3) is 8.04. The van der Waals surface area contributed by atoms with Crippen LogP contribution >= 0.6 is 0 Å². The van der Waals surface area contributed by atoms with E-state index in [1.807, 2.05) is 83.4 Å². The second kappa shape index (κ2) is 17.5. The topological polar surface area (TPSA) is 137 Å². The predicted molar refractivity (Wildman–Crippen MR) is 201 cm³/mol. The molecule has 1 fully saturated rings. The van der Waals surface area contributed by atoms with Gasteiger partial charge in [-0.3, -0.25) is 4.57 Å². The number of fused-ring (bicyclic) bond motifs is 1. The summed E-state index contributed by atoms with van der Waals surface area (Å²) in [6, 6.07) is 25.8. The van der Waals surface area contributed by atoms with Crippen molar-refractivity contribution in [2.24, 2.45) is 4.99 Å². The highest BCUT2D eigenvalue weighted by Gasteiger charge is 2.42. The molecule has 6 rings (SSSR count). The van der Waals surface area contributed by atoms with Crippen LogP contribution in [0.15, 0.2) is 96.5 Å². The zero-order valence-corrected chi connectivity index (χ0v) is 30.4. The van der Waals surface area contributed by atoms with Crippen molar-refractivity contribution >= 4 is 22.9 Å². The molecule has 1 aliphatic rings. The van der Waals surface area contributed by atoms with Gasteiger partial charge < -0.3 is 34.7 Å². The number of nitrogens with zero attached hydrogens (tertiary/aromatic N) is 5. The van der Waals surface area contributed by atoms with Crippen molar-refractivity contribution < 1.29 is 24.1 Å². The standard InChI is InChI=1S/C40H49N7O5/c1-5-7-22-41-39(42-23-8-6-2)46-37-36-38(44-26-43-37)47(27-45-36)35-24-33(48)34(52-35)25-51-40(28-12-10-9-11-13-28,29-14-18-31(49-3)19-15-29)30-16-20-32(50-4)21-17-30/h9-21,26-27,33-35,48H,5-8,22-25H2,1-4H3,(H2,41,42,43,44,46)/t33?,34-,35-/m1/s1. The van der Waals surface area contributed by atoms with Crippen LogP contribution in [0.5, 0.6) is 11.5 Å². The van der Waals surface area contributed by atoms with Gasteiger partial charge in [0.2, 0.25) is 0 Å². The average Bonchev–Trinajstić information content (AvgIpc) is 3.79. The van der Waals surface area contributed by atoms with Crippen molar-refractivity contribution in [3.63, 3.8) is 0 Å². The number of hydrogen-bond acceptors (Lipinski definition) is 9. The van der Waals surface area contributed by atoms with Crippen LogP contribution in [-0.4, -0.2) is 76.7 Å². The van der Waals surface area contributed by atoms with Gasteiger partial charge in [0, 0.05) is 19.5 Å². The molecule has 0 spiro atoms. The highest BCUT2D eigenvalue weighted by Crippen LogP contribution is 2.43. The molecule has 3 aromatic carbocycles. The minimum atomic E-state index is -1.04. The molecule has 1 unspecified atom stereocenters. The molecule has 3 atom stereocenters. The van der Waals surface area contributed by atoms with Crippen molar-refractivity contribution in [3.05, 3.63) is 108 Å². The second-order valence-electron chi connectivity index (χ2n) is 12.8. The summed E-state index contributed by atoms with van der Waals surface area (Å²) in [5.41, 5.74) is 2.79. The van der Waals surface area contributed by atoms with E-state index in [0.717, 1.165) is 67.0 Å². The van der Waals surface area contributed by atoms with Gasteiger partial charge in [0.15, 0.2) is 22.9 Å². The van der Waals surface area contributed by atoms with Crippen LogP contribution in [0.3, 0.4) is 0 Å². The lowest BCUT2D eigenvalue weighted by Crippen LogP contribution is -2.38. The Morgan fingerprint density at radius 1 is 0.846 bits per heavy atom. The molecule has 5 aromatic rings. The Kier molecular flexibility index (Phi) is 12.3. The minimum Gasteiger partial charge on any atom is -0.497 e. The van der Waals surface area contributed by atoms with E-state index in [1.165, 1.54) is 6.33 Å². The molecule has 52 heavy (non-hydrogen) atoms. The smallest absolute Gasteiger partial charge is 0.198 e. The fourth-order valence-electron chi connectivity index (χ4n) is 6.46. The zero-order chi connectivity index (χ0) is 36.3. The number of benzene rings is 3. The summed E-state index contributed by atoms with van der Waals surface area (Å²) in [7, 11) is 3.29. The van der Waals surface area contributed by atoms with Gasteiger partial charge in [0.1, 0.15) is 35.8 Å². The van der Waals surface area contributed by atoms with Gasteiger partial charge in [-0.2, -0.15) is 4.99 Å². The predicted octanol–water partition coefficient (Wildman–Crippen LogP) is 6.27. The first-order chi connectivity index (χ1) is 25.5. The molecule has 3 N–H and O–H groups in total. The molecule has 1 saturated heterocycles. The van der Waals surface area contributed by atoms with Crippen LogP contribution in [0.2, 0.25) is 0 Å². The van der Waals surface area contributed by atoms with E-state index in [0.29, 0.717) is 29.4 Å². The van der Waals surface area contributed by atoms with Gasteiger partial charge in [-0.1, -0.05) is 81.3 Å². The fraction of sp³-hybridized carbons (Fsp3) is 0.400. The first-order valence-corrected chi connectivity index (χ1v) is 18.1. The van der Waals surface area contributed by atoms with Gasteiger partial charge >= 0.3 is 0 Å². The number of aliphatic imine (C=N–C) groups is 1. The quantitative estimate of drug-likeness (QED) is 0.0466. The third-order valence-corrected chi connectivity index (χ3v) is 9.35. The number of unbranched alkanes of at least 4 members (excludes halogenated alkanes) is 2. The van der Waals surface area contributed by atoms with Crippen LogP contribution in [0.1, 0.15) is 68.9 Å². The molecule has 0 saturated carbocycles. The summed E-state index contributed by atoms with van der Waals surface area (Å²) in [4.78, 5) is 18.5. The normalized spacial score (nSPS) is 17.2. The third-order valence-electron chi connectivity index (χ3n) is 9.35. The Morgan fingerprint density at radius 3 is 2.02 bits per heavy atom. The Balaban J connectivity index is 1.28. The van der Waals surface area contributed by atoms with Gasteiger partial charge in [0.25, 0.3) is 0 Å². The molecule has 3 heterocycles. The molecular formula is C40H49N7O5. The van der Waals surface area contributed by atoms with Gasteiger partial charge in [-0.05, 0) is 53.8 Å². The van der Waals surface area contributed by atoms with Gasteiger partial charge in [-0.15, -0.1) is 0 Å². The summed E-state index contributed by atoms with van der Waals surface area (Å²) < 4.78 is 26.4. The van der Waals surface area contributed by atoms with Gasteiger partial charge in [0.05, 0.1) is 33.3 Å². The number of aliphatic hydroxyl groups is 1. The van der Waals surface area contributed by atoms with Crippen LogP contribution in [-0.2, 0) is 15.1 Å². The molecule has 1 aliphatic heterocycles. The second-order valence-corrected chi connectivity index (χ2v) is 12.8. The summed E-state index contributed by atoms with van der Waals surface area (Å²) >= 11 is 0. The monoisotopic (exact) mass is 707 g/mol. The number of imidazole rings is 1.